The van der Waals surface area contributed by atoms with Crippen LogP contribution in [0.2, 0.25) is 0 Å². The molecule has 0 amide bonds. The van der Waals surface area contributed by atoms with Crippen LogP contribution >= 0.6 is 0 Å². The van der Waals surface area contributed by atoms with Crippen LogP contribution < -0.4 is 5.73 Å². The number of likely N-dealkylation sites (tertiary alicyclic amines) is 1. The molecule has 1 unspecified atom stereocenters. The number of hydrogen-bond acceptors (Lipinski definition) is 2. The zero-order valence-electron chi connectivity index (χ0n) is 8.30. The Balaban J connectivity index is 0.000000461. The molecule has 2 nitrogen and oxygen atoms in total. The summed E-state index contributed by atoms with van der Waals surface area (Å²) in [4.78, 5) is 2.30. The monoisotopic (exact) mass is 158 g/mol. The van der Waals surface area contributed by atoms with Gasteiger partial charge in [0.05, 0.1) is 0 Å². The maximum Gasteiger partial charge on any atom is 0.0194 e. The van der Waals surface area contributed by atoms with Gasteiger partial charge in [0, 0.05) is 12.6 Å². The van der Waals surface area contributed by atoms with Gasteiger partial charge in [-0.05, 0) is 25.9 Å². The lowest BCUT2D eigenvalue weighted by Crippen LogP contribution is -2.45. The lowest BCUT2D eigenvalue weighted by atomic mass is 9.95. The summed E-state index contributed by atoms with van der Waals surface area (Å²) in [6.07, 6.45) is 1.26. The van der Waals surface area contributed by atoms with E-state index in [-0.39, 0.29) is 0 Å². The lowest BCUT2D eigenvalue weighted by molar-refractivity contribution is 0.201. The van der Waals surface area contributed by atoms with Gasteiger partial charge in [-0.2, -0.15) is 0 Å². The van der Waals surface area contributed by atoms with Crippen molar-refractivity contribution in [2.75, 3.05) is 20.1 Å². The third kappa shape index (κ3) is 3.73. The first-order chi connectivity index (χ1) is 5.20. The van der Waals surface area contributed by atoms with Crippen molar-refractivity contribution in [2.24, 2.45) is 11.7 Å². The van der Waals surface area contributed by atoms with Crippen molar-refractivity contribution in [2.45, 2.75) is 33.2 Å². The summed E-state index contributed by atoms with van der Waals surface area (Å²) in [5.74, 6) is 0.723. The summed E-state index contributed by atoms with van der Waals surface area (Å²) < 4.78 is 0. The van der Waals surface area contributed by atoms with Gasteiger partial charge in [-0.1, -0.05) is 20.8 Å². The zero-order chi connectivity index (χ0) is 8.85. The Morgan fingerprint density at radius 1 is 1.36 bits per heavy atom. The Hall–Kier alpha value is -0.0800. The summed E-state index contributed by atoms with van der Waals surface area (Å²) in [7, 11) is 2.13. The molecule has 0 aromatic heterocycles. The van der Waals surface area contributed by atoms with Crippen molar-refractivity contribution >= 4 is 0 Å². The average molecular weight is 158 g/mol. The fourth-order valence-corrected chi connectivity index (χ4v) is 1.27. The molecule has 1 saturated heterocycles. The van der Waals surface area contributed by atoms with Gasteiger partial charge in [-0.25, -0.2) is 0 Å². The van der Waals surface area contributed by atoms with Gasteiger partial charge in [0.15, 0.2) is 0 Å². The second-order valence-corrected chi connectivity index (χ2v) is 3.19. The minimum atomic E-state index is 0.406. The van der Waals surface area contributed by atoms with Gasteiger partial charge in [0.1, 0.15) is 0 Å². The predicted molar refractivity (Wildman–Crippen MR) is 50.6 cm³/mol. The first kappa shape index (κ1) is 10.9. The van der Waals surface area contributed by atoms with Crippen molar-refractivity contribution in [1.29, 1.82) is 0 Å². The van der Waals surface area contributed by atoms with Crippen LogP contribution in [0.1, 0.15) is 27.2 Å². The molecule has 2 N–H and O–H groups in total. The first-order valence-corrected chi connectivity index (χ1v) is 4.64. The van der Waals surface area contributed by atoms with Gasteiger partial charge < -0.3 is 10.6 Å². The van der Waals surface area contributed by atoms with Crippen molar-refractivity contribution < 1.29 is 0 Å². The Morgan fingerprint density at radius 3 is 2.27 bits per heavy atom. The number of piperidine rings is 1. The number of hydrogen-bond donors (Lipinski definition) is 1. The van der Waals surface area contributed by atoms with Crippen molar-refractivity contribution in [3.8, 4) is 0 Å². The fourth-order valence-electron chi connectivity index (χ4n) is 1.27. The van der Waals surface area contributed by atoms with Crippen LogP contribution in [0.5, 0.6) is 0 Å². The molecular formula is C9H22N2. The maximum atomic E-state index is 5.83. The fraction of sp³-hybridized carbons (Fsp3) is 1.00. The molecule has 1 aliphatic rings. The Labute approximate surface area is 70.8 Å². The van der Waals surface area contributed by atoms with Gasteiger partial charge in [0.25, 0.3) is 0 Å². The van der Waals surface area contributed by atoms with E-state index in [9.17, 15) is 0 Å². The molecular weight excluding hydrogens is 136 g/mol. The minimum Gasteiger partial charge on any atom is -0.326 e. The van der Waals surface area contributed by atoms with E-state index >= 15 is 0 Å². The van der Waals surface area contributed by atoms with Crippen LogP contribution in [-0.2, 0) is 0 Å². The van der Waals surface area contributed by atoms with Crippen LogP contribution in [0.3, 0.4) is 0 Å². The molecule has 0 radical (unpaired) electrons. The highest BCUT2D eigenvalue weighted by Gasteiger charge is 2.19. The molecule has 2 heteroatoms. The second kappa shape index (κ2) is 5.56. The maximum absolute atomic E-state index is 5.83. The van der Waals surface area contributed by atoms with Crippen LogP contribution in [-0.4, -0.2) is 31.1 Å². The summed E-state index contributed by atoms with van der Waals surface area (Å²) >= 11 is 0. The van der Waals surface area contributed by atoms with Crippen LogP contribution in [0.15, 0.2) is 0 Å². The van der Waals surface area contributed by atoms with E-state index in [2.05, 4.69) is 18.9 Å². The normalized spacial score (nSPS) is 32.5. The number of rotatable bonds is 0. The van der Waals surface area contributed by atoms with E-state index in [1.54, 1.807) is 0 Å². The molecule has 1 heterocycles. The van der Waals surface area contributed by atoms with Crippen LogP contribution in [0.25, 0.3) is 0 Å². The second-order valence-electron chi connectivity index (χ2n) is 3.19. The van der Waals surface area contributed by atoms with Crippen LogP contribution in [0.4, 0.5) is 0 Å². The summed E-state index contributed by atoms with van der Waals surface area (Å²) in [5.41, 5.74) is 5.83. The van der Waals surface area contributed by atoms with Crippen molar-refractivity contribution in [1.82, 2.24) is 4.90 Å². The van der Waals surface area contributed by atoms with Gasteiger partial charge in [-0.3, -0.25) is 0 Å². The molecule has 68 valence electrons. The molecule has 0 aromatic rings. The predicted octanol–water partition coefficient (Wildman–Crippen LogP) is 1.31. The third-order valence-electron chi connectivity index (χ3n) is 2.22. The summed E-state index contributed by atoms with van der Waals surface area (Å²) in [5, 5.41) is 0. The van der Waals surface area contributed by atoms with E-state index in [1.807, 2.05) is 13.8 Å². The van der Waals surface area contributed by atoms with E-state index < -0.39 is 0 Å². The van der Waals surface area contributed by atoms with Crippen molar-refractivity contribution in [3.05, 3.63) is 0 Å². The average Bonchev–Trinajstić information content (AvgIpc) is 2.02. The molecule has 2 atom stereocenters. The highest BCUT2D eigenvalue weighted by molar-refractivity contribution is 4.78. The SMILES string of the molecule is CC.C[C@H]1CCN(C)CC1N. The molecule has 1 rings (SSSR count). The summed E-state index contributed by atoms with van der Waals surface area (Å²) in [6.45, 7) is 8.52. The standard InChI is InChI=1S/C7H16N2.C2H6/c1-6-3-4-9(2)5-7(6)8;1-2/h6-7H,3-5,8H2,1-2H3;1-2H3/t6-,7?;/m0./s1. The molecule has 0 bridgehead atoms. The molecule has 1 fully saturated rings. The number of nitrogens with two attached hydrogens (primary N) is 1. The van der Waals surface area contributed by atoms with E-state index in [0.717, 1.165) is 12.5 Å². The van der Waals surface area contributed by atoms with Crippen molar-refractivity contribution in [3.63, 3.8) is 0 Å². The van der Waals surface area contributed by atoms with Gasteiger partial charge in [-0.15, -0.1) is 0 Å². The molecule has 0 spiro atoms. The quantitative estimate of drug-likeness (QED) is 0.576. The molecule has 1 aliphatic heterocycles. The minimum absolute atomic E-state index is 0.406. The number of nitrogens with zero attached hydrogens (tertiary/aromatic N) is 1. The smallest absolute Gasteiger partial charge is 0.0194 e. The Morgan fingerprint density at radius 2 is 1.91 bits per heavy atom. The highest BCUT2D eigenvalue weighted by atomic mass is 15.1. The van der Waals surface area contributed by atoms with Crippen LogP contribution in [0, 0.1) is 5.92 Å². The Bertz CT molecular complexity index is 93.6. The van der Waals surface area contributed by atoms with Gasteiger partial charge >= 0.3 is 0 Å². The summed E-state index contributed by atoms with van der Waals surface area (Å²) in [6, 6.07) is 0.406. The Kier molecular flexibility index (Phi) is 5.51. The third-order valence-corrected chi connectivity index (χ3v) is 2.22. The van der Waals surface area contributed by atoms with E-state index in [4.69, 9.17) is 5.73 Å². The highest BCUT2D eigenvalue weighted by Crippen LogP contribution is 2.13. The lowest BCUT2D eigenvalue weighted by Gasteiger charge is -2.32. The molecule has 11 heavy (non-hydrogen) atoms. The zero-order valence-corrected chi connectivity index (χ0v) is 8.30. The largest absolute Gasteiger partial charge is 0.326 e. The van der Waals surface area contributed by atoms with Gasteiger partial charge in [0.2, 0.25) is 0 Å². The van der Waals surface area contributed by atoms with E-state index in [0.29, 0.717) is 6.04 Å². The topological polar surface area (TPSA) is 29.3 Å². The number of likely N-dealkylation sites (N-methyl/N-ethyl adjacent to an activating group) is 1. The molecule has 0 saturated carbocycles. The first-order valence-electron chi connectivity index (χ1n) is 4.64. The molecule has 0 aromatic carbocycles. The van der Waals surface area contributed by atoms with E-state index in [1.165, 1.54) is 13.0 Å². The molecule has 0 aliphatic carbocycles.